The van der Waals surface area contributed by atoms with E-state index in [1.807, 2.05) is 13.8 Å². The third-order valence-corrected chi connectivity index (χ3v) is 1.64. The summed E-state index contributed by atoms with van der Waals surface area (Å²) in [5.74, 6) is -0.0816. The fraction of sp³-hybridized carbons (Fsp3) is 0.625. The van der Waals surface area contributed by atoms with Gasteiger partial charge >= 0.3 is 0 Å². The largest absolute Gasteiger partial charge is 0.355 e. The molecule has 11 heavy (non-hydrogen) atoms. The maximum absolute atomic E-state index is 11.1. The third kappa shape index (κ3) is 2.72. The number of amides is 1. The Labute approximate surface area is 67.7 Å². The number of hydrogen-bond acceptors (Lipinski definition) is 2. The van der Waals surface area contributed by atoms with Gasteiger partial charge in [0.1, 0.15) is 0 Å². The summed E-state index contributed by atoms with van der Waals surface area (Å²) in [7, 11) is 1.61. The van der Waals surface area contributed by atoms with Crippen LogP contribution in [0.3, 0.4) is 0 Å². The molecule has 0 spiro atoms. The highest BCUT2D eigenvalue weighted by Crippen LogP contribution is 2.02. The van der Waals surface area contributed by atoms with Crippen molar-refractivity contribution >= 4 is 5.91 Å². The number of allylic oxidation sites excluding steroid dienone is 1. The van der Waals surface area contributed by atoms with Crippen LogP contribution in [0.4, 0.5) is 0 Å². The van der Waals surface area contributed by atoms with Crippen molar-refractivity contribution in [1.82, 2.24) is 5.32 Å². The van der Waals surface area contributed by atoms with Gasteiger partial charge in [0.05, 0.1) is 0 Å². The van der Waals surface area contributed by atoms with Crippen molar-refractivity contribution in [2.45, 2.75) is 26.3 Å². The molecule has 0 aliphatic heterocycles. The molecule has 0 saturated carbocycles. The van der Waals surface area contributed by atoms with Gasteiger partial charge in [-0.25, -0.2) is 0 Å². The zero-order valence-corrected chi connectivity index (χ0v) is 7.35. The minimum atomic E-state index is -0.139. The summed E-state index contributed by atoms with van der Waals surface area (Å²) in [6.45, 7) is 3.78. The maximum Gasteiger partial charge on any atom is 0.248 e. The van der Waals surface area contributed by atoms with E-state index in [-0.39, 0.29) is 11.9 Å². The quantitative estimate of drug-likeness (QED) is 0.582. The highest BCUT2D eigenvalue weighted by molar-refractivity contribution is 5.94. The second-order valence-electron chi connectivity index (χ2n) is 2.34. The number of carbonyl (C=O) groups excluding carboxylic acids is 1. The lowest BCUT2D eigenvalue weighted by Gasteiger charge is -2.11. The molecule has 0 radical (unpaired) electrons. The molecule has 3 N–H and O–H groups in total. The van der Waals surface area contributed by atoms with Crippen LogP contribution >= 0.6 is 0 Å². The lowest BCUT2D eigenvalue weighted by Crippen LogP contribution is -2.32. The molecule has 64 valence electrons. The zero-order chi connectivity index (χ0) is 8.85. The second-order valence-corrected chi connectivity index (χ2v) is 2.34. The Kier molecular flexibility index (Phi) is 4.54. The first kappa shape index (κ1) is 10.2. The first-order valence-corrected chi connectivity index (χ1v) is 3.81. The van der Waals surface area contributed by atoms with E-state index in [9.17, 15) is 4.79 Å². The molecule has 0 aliphatic carbocycles. The van der Waals surface area contributed by atoms with Crippen LogP contribution in [0.1, 0.15) is 20.3 Å². The molecule has 0 aliphatic rings. The van der Waals surface area contributed by atoms with Gasteiger partial charge in [-0.05, 0) is 13.3 Å². The lowest BCUT2D eigenvalue weighted by molar-refractivity contribution is -0.117. The summed E-state index contributed by atoms with van der Waals surface area (Å²) in [6, 6.07) is -0.139. The van der Waals surface area contributed by atoms with Gasteiger partial charge in [0, 0.05) is 18.7 Å². The molecule has 1 atom stereocenters. The van der Waals surface area contributed by atoms with Crippen molar-refractivity contribution in [3.05, 3.63) is 11.6 Å². The Hall–Kier alpha value is -0.830. The van der Waals surface area contributed by atoms with E-state index >= 15 is 0 Å². The van der Waals surface area contributed by atoms with E-state index in [0.29, 0.717) is 5.57 Å². The van der Waals surface area contributed by atoms with Gasteiger partial charge in [-0.2, -0.15) is 0 Å². The molecule has 3 heteroatoms. The van der Waals surface area contributed by atoms with Crippen molar-refractivity contribution in [2.24, 2.45) is 5.73 Å². The number of rotatable bonds is 3. The van der Waals surface area contributed by atoms with Gasteiger partial charge in [-0.15, -0.1) is 0 Å². The average molecular weight is 156 g/mol. The Balaban J connectivity index is 4.30. The van der Waals surface area contributed by atoms with Gasteiger partial charge in [0.2, 0.25) is 5.91 Å². The number of nitrogens with two attached hydrogens (primary N) is 1. The second kappa shape index (κ2) is 4.91. The van der Waals surface area contributed by atoms with E-state index in [4.69, 9.17) is 5.73 Å². The molecule has 1 amide bonds. The van der Waals surface area contributed by atoms with Crippen molar-refractivity contribution in [1.29, 1.82) is 0 Å². The Morgan fingerprint density at radius 3 is 2.55 bits per heavy atom. The maximum atomic E-state index is 11.1. The van der Waals surface area contributed by atoms with Crippen LogP contribution in [0.5, 0.6) is 0 Å². The van der Waals surface area contributed by atoms with Gasteiger partial charge in [-0.3, -0.25) is 4.79 Å². The topological polar surface area (TPSA) is 55.1 Å². The van der Waals surface area contributed by atoms with Crippen molar-refractivity contribution in [3.8, 4) is 0 Å². The van der Waals surface area contributed by atoms with Crippen molar-refractivity contribution in [2.75, 3.05) is 7.05 Å². The van der Waals surface area contributed by atoms with E-state index < -0.39 is 0 Å². The van der Waals surface area contributed by atoms with Crippen molar-refractivity contribution < 1.29 is 4.79 Å². The molecular formula is C8H16N2O. The summed E-state index contributed by atoms with van der Waals surface area (Å²) < 4.78 is 0. The van der Waals surface area contributed by atoms with Crippen molar-refractivity contribution in [3.63, 3.8) is 0 Å². The Morgan fingerprint density at radius 2 is 2.27 bits per heavy atom. The summed E-state index contributed by atoms with van der Waals surface area (Å²) in [5, 5.41) is 2.54. The van der Waals surface area contributed by atoms with E-state index in [1.54, 1.807) is 13.1 Å². The highest BCUT2D eigenvalue weighted by Gasteiger charge is 2.12. The van der Waals surface area contributed by atoms with Gasteiger partial charge in [0.15, 0.2) is 0 Å². The standard InChI is InChI=1S/C8H16N2O/c1-4-6(7(9)5-2)8(11)10-3/h4,7H,5,9H2,1-3H3,(H,10,11). The van der Waals surface area contributed by atoms with Crippen LogP contribution in [-0.2, 0) is 4.79 Å². The summed E-state index contributed by atoms with van der Waals surface area (Å²) >= 11 is 0. The summed E-state index contributed by atoms with van der Waals surface area (Å²) in [5.41, 5.74) is 6.34. The summed E-state index contributed by atoms with van der Waals surface area (Å²) in [6.07, 6.45) is 2.54. The molecule has 0 aromatic rings. The first-order chi connectivity index (χ1) is 5.17. The summed E-state index contributed by atoms with van der Waals surface area (Å²) in [4.78, 5) is 11.1. The molecule has 0 aromatic carbocycles. The van der Waals surface area contributed by atoms with E-state index in [1.165, 1.54) is 0 Å². The molecule has 0 rings (SSSR count). The molecule has 0 bridgehead atoms. The first-order valence-electron chi connectivity index (χ1n) is 3.81. The molecule has 0 heterocycles. The van der Waals surface area contributed by atoms with E-state index in [0.717, 1.165) is 6.42 Å². The predicted octanol–water partition coefficient (Wildman–Crippen LogP) is 0.416. The van der Waals surface area contributed by atoms with Crippen LogP contribution in [-0.4, -0.2) is 19.0 Å². The van der Waals surface area contributed by atoms with E-state index in [2.05, 4.69) is 5.32 Å². The van der Waals surface area contributed by atoms with Gasteiger partial charge in [0.25, 0.3) is 0 Å². The highest BCUT2D eigenvalue weighted by atomic mass is 16.1. The van der Waals surface area contributed by atoms with Crippen LogP contribution in [0, 0.1) is 0 Å². The third-order valence-electron chi connectivity index (χ3n) is 1.64. The van der Waals surface area contributed by atoms with Crippen LogP contribution in [0.2, 0.25) is 0 Å². The van der Waals surface area contributed by atoms with Gasteiger partial charge in [-0.1, -0.05) is 13.0 Å². The minimum absolute atomic E-state index is 0.0816. The van der Waals surface area contributed by atoms with Crippen LogP contribution in [0.25, 0.3) is 0 Å². The average Bonchev–Trinajstić information content (AvgIpc) is 2.05. The lowest BCUT2D eigenvalue weighted by atomic mass is 10.1. The fourth-order valence-electron chi connectivity index (χ4n) is 0.878. The number of carbonyl (C=O) groups is 1. The smallest absolute Gasteiger partial charge is 0.248 e. The van der Waals surface area contributed by atoms with Crippen LogP contribution in [0.15, 0.2) is 11.6 Å². The fourth-order valence-corrected chi connectivity index (χ4v) is 0.878. The monoisotopic (exact) mass is 156 g/mol. The zero-order valence-electron chi connectivity index (χ0n) is 7.35. The molecule has 0 aromatic heterocycles. The number of nitrogens with one attached hydrogen (secondary N) is 1. The molecule has 0 saturated heterocycles. The molecular weight excluding hydrogens is 140 g/mol. The SMILES string of the molecule is CC=C(C(=O)NC)C(N)CC. The van der Waals surface area contributed by atoms with Crippen LogP contribution < -0.4 is 11.1 Å². The molecule has 1 unspecified atom stereocenters. The number of likely N-dealkylation sites (N-methyl/N-ethyl adjacent to an activating group) is 1. The normalized spacial score (nSPS) is 14.4. The number of hydrogen-bond donors (Lipinski definition) is 2. The Morgan fingerprint density at radius 1 is 1.73 bits per heavy atom. The predicted molar refractivity (Wildman–Crippen MR) is 46.1 cm³/mol. The molecule has 3 nitrogen and oxygen atoms in total. The minimum Gasteiger partial charge on any atom is -0.355 e. The Bertz CT molecular complexity index is 163. The van der Waals surface area contributed by atoms with Gasteiger partial charge < -0.3 is 11.1 Å². The molecule has 0 fully saturated rings.